The third-order valence-electron chi connectivity index (χ3n) is 3.01. The highest BCUT2D eigenvalue weighted by molar-refractivity contribution is 6.52. The van der Waals surface area contributed by atoms with Crippen molar-refractivity contribution >= 4 is 28.8 Å². The van der Waals surface area contributed by atoms with Crippen LogP contribution in [-0.2, 0) is 0 Å². The standard InChI is InChI=1S/C14H6ClF2NO2/c15-8-5-10-13(11(17)6-8)18(20)12(14(10)19)7-1-3-9(16)4-2-7/h1-6H. The summed E-state index contributed by atoms with van der Waals surface area (Å²) < 4.78 is 26.9. The number of rotatable bonds is 1. The summed E-state index contributed by atoms with van der Waals surface area (Å²) in [4.78, 5) is 12.2. The molecule has 0 spiro atoms. The number of carbonyl (C=O) groups excluding carboxylic acids is 1. The molecule has 2 aromatic rings. The lowest BCUT2D eigenvalue weighted by atomic mass is 10.0. The summed E-state index contributed by atoms with van der Waals surface area (Å²) in [6.07, 6.45) is 0. The van der Waals surface area contributed by atoms with Crippen molar-refractivity contribution in [3.8, 4) is 0 Å². The molecule has 0 saturated carbocycles. The fraction of sp³-hybridized carbons (Fsp3) is 0. The first kappa shape index (κ1) is 12.7. The normalized spacial score (nSPS) is 13.8. The summed E-state index contributed by atoms with van der Waals surface area (Å²) in [5, 5.41) is 12.1. The Hall–Kier alpha value is -2.27. The molecule has 3 nitrogen and oxygen atoms in total. The summed E-state index contributed by atoms with van der Waals surface area (Å²) in [7, 11) is 0. The van der Waals surface area contributed by atoms with Gasteiger partial charge in [-0.15, -0.1) is 0 Å². The Balaban J connectivity index is 2.22. The van der Waals surface area contributed by atoms with Gasteiger partial charge in [-0.25, -0.2) is 4.39 Å². The zero-order chi connectivity index (χ0) is 14.4. The lowest BCUT2D eigenvalue weighted by Gasteiger charge is -2.02. The molecule has 1 aliphatic rings. The van der Waals surface area contributed by atoms with E-state index in [9.17, 15) is 18.8 Å². The van der Waals surface area contributed by atoms with Crippen molar-refractivity contribution < 1.29 is 18.3 Å². The quantitative estimate of drug-likeness (QED) is 0.597. The molecular formula is C14H6ClF2NO2. The molecule has 100 valence electrons. The minimum Gasteiger partial charge on any atom is -0.618 e. The summed E-state index contributed by atoms with van der Waals surface area (Å²) in [5.41, 5.74) is -0.484. The summed E-state index contributed by atoms with van der Waals surface area (Å²) in [6.45, 7) is 0. The number of fused-ring (bicyclic) bond motifs is 1. The Kier molecular flexibility index (Phi) is 2.79. The molecular weight excluding hydrogens is 288 g/mol. The molecule has 0 saturated heterocycles. The van der Waals surface area contributed by atoms with Crippen LogP contribution in [0.1, 0.15) is 15.9 Å². The first-order valence-electron chi connectivity index (χ1n) is 5.63. The minimum absolute atomic E-state index is 0.0309. The van der Waals surface area contributed by atoms with Crippen LogP contribution in [0.3, 0.4) is 0 Å². The average Bonchev–Trinajstić information content (AvgIpc) is 2.63. The number of halogens is 3. The zero-order valence-electron chi connectivity index (χ0n) is 9.86. The van der Waals surface area contributed by atoms with E-state index in [1.807, 2.05) is 0 Å². The van der Waals surface area contributed by atoms with Crippen molar-refractivity contribution in [3.05, 3.63) is 69.4 Å². The van der Waals surface area contributed by atoms with Gasteiger partial charge in [0, 0.05) is 5.02 Å². The van der Waals surface area contributed by atoms with Crippen LogP contribution < -0.4 is 0 Å². The Morgan fingerprint density at radius 1 is 1.10 bits per heavy atom. The molecule has 0 radical (unpaired) electrons. The molecule has 0 N–H and O–H groups in total. The number of carbonyl (C=O) groups is 1. The second-order valence-electron chi connectivity index (χ2n) is 4.26. The lowest BCUT2D eigenvalue weighted by Crippen LogP contribution is -2.16. The largest absolute Gasteiger partial charge is 0.618 e. The van der Waals surface area contributed by atoms with E-state index in [0.717, 1.165) is 18.2 Å². The topological polar surface area (TPSA) is 43.1 Å². The van der Waals surface area contributed by atoms with E-state index in [4.69, 9.17) is 11.6 Å². The van der Waals surface area contributed by atoms with Crippen molar-refractivity contribution in [1.82, 2.24) is 0 Å². The SMILES string of the molecule is O=C1C(c2ccc(F)cc2)=[N+]([O-])c2c(F)cc(Cl)cc21. The van der Waals surface area contributed by atoms with E-state index in [2.05, 4.69) is 0 Å². The van der Waals surface area contributed by atoms with Crippen LogP contribution >= 0.6 is 11.6 Å². The molecule has 3 rings (SSSR count). The highest BCUT2D eigenvalue weighted by Gasteiger charge is 2.39. The highest BCUT2D eigenvalue weighted by Crippen LogP contribution is 2.33. The molecule has 2 aromatic carbocycles. The van der Waals surface area contributed by atoms with Gasteiger partial charge in [-0.05, 0) is 36.4 Å². The molecule has 6 heteroatoms. The highest BCUT2D eigenvalue weighted by atomic mass is 35.5. The fourth-order valence-electron chi connectivity index (χ4n) is 2.13. The predicted molar refractivity (Wildman–Crippen MR) is 69.5 cm³/mol. The van der Waals surface area contributed by atoms with E-state index in [1.54, 1.807) is 0 Å². The van der Waals surface area contributed by atoms with Gasteiger partial charge >= 0.3 is 0 Å². The lowest BCUT2D eigenvalue weighted by molar-refractivity contribution is -0.358. The van der Waals surface area contributed by atoms with Crippen molar-refractivity contribution in [2.75, 3.05) is 0 Å². The molecule has 0 bridgehead atoms. The molecule has 1 aliphatic heterocycles. The summed E-state index contributed by atoms with van der Waals surface area (Å²) >= 11 is 5.68. The fourth-order valence-corrected chi connectivity index (χ4v) is 2.34. The van der Waals surface area contributed by atoms with E-state index in [-0.39, 0.29) is 32.3 Å². The first-order chi connectivity index (χ1) is 9.49. The van der Waals surface area contributed by atoms with Crippen molar-refractivity contribution in [2.45, 2.75) is 0 Å². The molecule has 0 aliphatic carbocycles. The molecule has 0 atom stereocenters. The van der Waals surface area contributed by atoms with Gasteiger partial charge < -0.3 is 5.21 Å². The second kappa shape index (κ2) is 4.38. The Morgan fingerprint density at radius 2 is 1.75 bits per heavy atom. The van der Waals surface area contributed by atoms with Crippen LogP contribution in [0, 0.1) is 16.8 Å². The van der Waals surface area contributed by atoms with Gasteiger partial charge in [0.05, 0.1) is 5.56 Å². The number of hydrogen-bond acceptors (Lipinski definition) is 2. The van der Waals surface area contributed by atoms with Gasteiger partial charge in [0.15, 0.2) is 5.82 Å². The number of Topliss-reactive ketones (excluding diaryl/α,β-unsaturated/α-hetero) is 1. The van der Waals surface area contributed by atoms with Gasteiger partial charge in [-0.2, -0.15) is 9.13 Å². The number of hydrogen-bond donors (Lipinski definition) is 0. The van der Waals surface area contributed by atoms with Crippen molar-refractivity contribution in [3.63, 3.8) is 0 Å². The van der Waals surface area contributed by atoms with Crippen molar-refractivity contribution in [1.29, 1.82) is 0 Å². The number of nitrogens with zero attached hydrogens (tertiary/aromatic N) is 1. The Labute approximate surface area is 117 Å². The Morgan fingerprint density at radius 3 is 2.40 bits per heavy atom. The number of benzene rings is 2. The third-order valence-corrected chi connectivity index (χ3v) is 3.23. The second-order valence-corrected chi connectivity index (χ2v) is 4.70. The van der Waals surface area contributed by atoms with E-state index < -0.39 is 17.4 Å². The first-order valence-corrected chi connectivity index (χ1v) is 6.00. The molecule has 0 fully saturated rings. The van der Waals surface area contributed by atoms with Crippen LogP contribution in [0.2, 0.25) is 5.02 Å². The van der Waals surface area contributed by atoms with Gasteiger partial charge in [-0.3, -0.25) is 4.79 Å². The molecule has 0 amide bonds. The molecule has 1 heterocycles. The molecule has 0 unspecified atom stereocenters. The van der Waals surface area contributed by atoms with Crippen LogP contribution in [0.5, 0.6) is 0 Å². The van der Waals surface area contributed by atoms with Gasteiger partial charge in [0.25, 0.3) is 17.2 Å². The maximum atomic E-state index is 13.8. The third kappa shape index (κ3) is 1.78. The monoisotopic (exact) mass is 293 g/mol. The van der Waals surface area contributed by atoms with Crippen LogP contribution in [0.15, 0.2) is 36.4 Å². The predicted octanol–water partition coefficient (Wildman–Crippen LogP) is 3.45. The van der Waals surface area contributed by atoms with Crippen LogP contribution in [0.4, 0.5) is 14.5 Å². The average molecular weight is 294 g/mol. The summed E-state index contributed by atoms with van der Waals surface area (Å²) in [6, 6.07) is 7.03. The van der Waals surface area contributed by atoms with Gasteiger partial charge in [-0.1, -0.05) is 11.6 Å². The molecule has 0 aromatic heterocycles. The van der Waals surface area contributed by atoms with Crippen LogP contribution in [-0.4, -0.2) is 16.2 Å². The maximum absolute atomic E-state index is 13.8. The van der Waals surface area contributed by atoms with E-state index in [1.165, 1.54) is 18.2 Å². The van der Waals surface area contributed by atoms with Crippen molar-refractivity contribution in [2.24, 2.45) is 0 Å². The maximum Gasteiger partial charge on any atom is 0.273 e. The van der Waals surface area contributed by atoms with Gasteiger partial charge in [0.1, 0.15) is 11.4 Å². The zero-order valence-corrected chi connectivity index (χ0v) is 10.6. The number of ketones is 1. The van der Waals surface area contributed by atoms with Crippen LogP contribution in [0.25, 0.3) is 0 Å². The minimum atomic E-state index is -0.868. The summed E-state index contributed by atoms with van der Waals surface area (Å²) in [5.74, 6) is -2.00. The van der Waals surface area contributed by atoms with E-state index in [0.29, 0.717) is 0 Å². The molecule has 20 heavy (non-hydrogen) atoms. The Bertz CT molecular complexity index is 769. The van der Waals surface area contributed by atoms with Gasteiger partial charge in [0.2, 0.25) is 0 Å². The smallest absolute Gasteiger partial charge is 0.273 e. The van der Waals surface area contributed by atoms with E-state index >= 15 is 0 Å².